The molecule has 0 amide bonds. The van der Waals surface area contributed by atoms with Gasteiger partial charge in [-0.05, 0) is 12.5 Å². The van der Waals surface area contributed by atoms with Crippen LogP contribution in [0.3, 0.4) is 0 Å². The number of anilines is 1. The van der Waals surface area contributed by atoms with Crippen molar-refractivity contribution in [1.82, 2.24) is 4.98 Å². The Morgan fingerprint density at radius 3 is 3.00 bits per heavy atom. The Labute approximate surface area is 109 Å². The summed E-state index contributed by atoms with van der Waals surface area (Å²) in [6.07, 6.45) is -0.236. The van der Waals surface area contributed by atoms with E-state index in [2.05, 4.69) is 10.3 Å². The van der Waals surface area contributed by atoms with E-state index >= 15 is 0 Å². The molecule has 0 aliphatic carbocycles. The normalized spacial score (nSPS) is 12.2. The number of nitro groups is 1. The van der Waals surface area contributed by atoms with Crippen LogP contribution in [0.25, 0.3) is 0 Å². The van der Waals surface area contributed by atoms with Crippen molar-refractivity contribution in [2.45, 2.75) is 12.5 Å². The summed E-state index contributed by atoms with van der Waals surface area (Å²) in [6.45, 7) is 0.547. The van der Waals surface area contributed by atoms with E-state index in [0.29, 0.717) is 13.0 Å². The maximum absolute atomic E-state index is 10.7. The van der Waals surface area contributed by atoms with Crippen LogP contribution in [0.2, 0.25) is 5.15 Å². The van der Waals surface area contributed by atoms with Gasteiger partial charge >= 0.3 is 5.69 Å². The lowest BCUT2D eigenvalue weighted by Crippen LogP contribution is -2.19. The maximum Gasteiger partial charge on any atom is 0.311 e. The summed E-state index contributed by atoms with van der Waals surface area (Å²) in [4.78, 5) is 14.0. The monoisotopic (exact) mass is 275 g/mol. The summed E-state index contributed by atoms with van der Waals surface area (Å²) in [5.74, 6) is 0.0946. The molecule has 1 heterocycles. The van der Waals surface area contributed by atoms with Crippen LogP contribution in [0.4, 0.5) is 11.5 Å². The number of rotatable bonds is 7. The minimum Gasteiger partial charge on any atom is -0.391 e. The average molecular weight is 276 g/mol. The summed E-state index contributed by atoms with van der Waals surface area (Å²) in [6, 6.07) is 2.63. The molecule has 0 aliphatic heterocycles. The summed E-state index contributed by atoms with van der Waals surface area (Å²) in [5.41, 5.74) is -0.152. The van der Waals surface area contributed by atoms with E-state index in [9.17, 15) is 15.2 Å². The van der Waals surface area contributed by atoms with Gasteiger partial charge in [0.1, 0.15) is 5.15 Å². The fraction of sp³-hybridized carbons (Fsp3) is 0.500. The maximum atomic E-state index is 10.7. The first-order chi connectivity index (χ1) is 8.54. The molecule has 0 bridgehead atoms. The van der Waals surface area contributed by atoms with Crippen molar-refractivity contribution < 1.29 is 14.8 Å². The zero-order valence-electron chi connectivity index (χ0n) is 9.80. The highest BCUT2D eigenvalue weighted by molar-refractivity contribution is 6.29. The van der Waals surface area contributed by atoms with Crippen LogP contribution in [-0.4, -0.2) is 41.4 Å². The van der Waals surface area contributed by atoms with Crippen LogP contribution < -0.4 is 5.32 Å². The van der Waals surface area contributed by atoms with Crippen LogP contribution in [0.15, 0.2) is 12.1 Å². The predicted octanol–water partition coefficient (Wildman–Crippen LogP) is 1.45. The number of ether oxygens (including phenoxy) is 1. The van der Waals surface area contributed by atoms with E-state index in [1.165, 1.54) is 19.2 Å². The lowest BCUT2D eigenvalue weighted by atomic mass is 10.2. The molecule has 18 heavy (non-hydrogen) atoms. The molecule has 100 valence electrons. The lowest BCUT2D eigenvalue weighted by Gasteiger charge is -2.10. The summed E-state index contributed by atoms with van der Waals surface area (Å²) in [7, 11) is 1.49. The molecule has 0 radical (unpaired) electrons. The van der Waals surface area contributed by atoms with Gasteiger partial charge in [-0.1, -0.05) is 11.6 Å². The molecule has 8 heteroatoms. The number of aliphatic hydroxyl groups excluding tert-OH is 1. The predicted molar refractivity (Wildman–Crippen MR) is 66.9 cm³/mol. The fourth-order valence-corrected chi connectivity index (χ4v) is 1.49. The van der Waals surface area contributed by atoms with E-state index in [1.54, 1.807) is 0 Å². The van der Waals surface area contributed by atoms with Crippen LogP contribution in [0.5, 0.6) is 0 Å². The van der Waals surface area contributed by atoms with E-state index < -0.39 is 11.0 Å². The Hall–Kier alpha value is -1.44. The standard InChI is InChI=1S/C10H14ClN3O4/c1-18-6-7(15)4-5-12-10-8(14(16)17)2-3-9(11)13-10/h2-3,7,15H,4-6H2,1H3,(H,12,13). The second-order valence-electron chi connectivity index (χ2n) is 3.58. The molecular formula is C10H14ClN3O4. The van der Waals surface area contributed by atoms with Crippen molar-refractivity contribution in [2.75, 3.05) is 25.6 Å². The van der Waals surface area contributed by atoms with Crippen molar-refractivity contribution >= 4 is 23.1 Å². The van der Waals surface area contributed by atoms with Crippen LogP contribution in [-0.2, 0) is 4.74 Å². The number of halogens is 1. The van der Waals surface area contributed by atoms with Crippen LogP contribution in [0.1, 0.15) is 6.42 Å². The average Bonchev–Trinajstić information content (AvgIpc) is 2.29. The third-order valence-corrected chi connectivity index (χ3v) is 2.38. The van der Waals surface area contributed by atoms with Crippen molar-refractivity contribution in [3.05, 3.63) is 27.4 Å². The fourth-order valence-electron chi connectivity index (χ4n) is 1.34. The number of nitrogens with zero attached hydrogens (tertiary/aromatic N) is 2. The number of hydrogen-bond donors (Lipinski definition) is 2. The second kappa shape index (κ2) is 7.10. The van der Waals surface area contributed by atoms with Crippen molar-refractivity contribution in [2.24, 2.45) is 0 Å². The van der Waals surface area contributed by atoms with E-state index in [1.807, 2.05) is 0 Å². The Morgan fingerprint density at radius 2 is 2.39 bits per heavy atom. The summed E-state index contributed by atoms with van der Waals surface area (Å²) < 4.78 is 4.76. The summed E-state index contributed by atoms with van der Waals surface area (Å²) in [5, 5.41) is 23.1. The van der Waals surface area contributed by atoms with E-state index in [-0.39, 0.29) is 23.3 Å². The van der Waals surface area contributed by atoms with Gasteiger partial charge in [0.15, 0.2) is 0 Å². The minimum absolute atomic E-state index is 0.0946. The molecule has 2 N–H and O–H groups in total. The van der Waals surface area contributed by atoms with E-state index in [4.69, 9.17) is 16.3 Å². The number of pyridine rings is 1. The molecule has 1 rings (SSSR count). The SMILES string of the molecule is COCC(O)CCNc1nc(Cl)ccc1[N+](=O)[O-]. The molecule has 0 aromatic carbocycles. The van der Waals surface area contributed by atoms with E-state index in [0.717, 1.165) is 0 Å². The molecule has 0 aliphatic rings. The third-order valence-electron chi connectivity index (χ3n) is 2.17. The highest BCUT2D eigenvalue weighted by atomic mass is 35.5. The van der Waals surface area contributed by atoms with Gasteiger partial charge in [0.2, 0.25) is 5.82 Å². The molecule has 1 unspecified atom stereocenters. The molecule has 1 aromatic heterocycles. The van der Waals surface area contributed by atoms with Crippen molar-refractivity contribution in [3.8, 4) is 0 Å². The number of nitrogens with one attached hydrogen (secondary N) is 1. The van der Waals surface area contributed by atoms with Crippen molar-refractivity contribution in [1.29, 1.82) is 0 Å². The Bertz CT molecular complexity index is 416. The molecule has 0 fully saturated rings. The summed E-state index contributed by atoms with van der Waals surface area (Å²) >= 11 is 5.67. The second-order valence-corrected chi connectivity index (χ2v) is 3.97. The number of aromatic nitrogens is 1. The first kappa shape index (κ1) is 14.6. The number of methoxy groups -OCH3 is 1. The number of hydrogen-bond acceptors (Lipinski definition) is 6. The Balaban J connectivity index is 2.60. The van der Waals surface area contributed by atoms with Crippen LogP contribution in [0, 0.1) is 10.1 Å². The molecule has 0 spiro atoms. The van der Waals surface area contributed by atoms with Gasteiger partial charge < -0.3 is 15.2 Å². The highest BCUT2D eigenvalue weighted by Gasteiger charge is 2.15. The largest absolute Gasteiger partial charge is 0.391 e. The molecule has 0 saturated heterocycles. The molecule has 7 nitrogen and oxygen atoms in total. The minimum atomic E-state index is -0.624. The zero-order chi connectivity index (χ0) is 13.5. The molecule has 1 aromatic rings. The third kappa shape index (κ3) is 4.44. The van der Waals surface area contributed by atoms with Gasteiger partial charge in [0.05, 0.1) is 17.6 Å². The Kier molecular flexibility index (Phi) is 5.76. The van der Waals surface area contributed by atoms with Gasteiger partial charge in [0.25, 0.3) is 0 Å². The molecule has 0 saturated carbocycles. The van der Waals surface area contributed by atoms with Gasteiger partial charge in [-0.25, -0.2) is 4.98 Å². The molecular weight excluding hydrogens is 262 g/mol. The van der Waals surface area contributed by atoms with Gasteiger partial charge in [-0.3, -0.25) is 10.1 Å². The highest BCUT2D eigenvalue weighted by Crippen LogP contribution is 2.23. The topological polar surface area (TPSA) is 97.5 Å². The van der Waals surface area contributed by atoms with Gasteiger partial charge in [0, 0.05) is 19.7 Å². The Morgan fingerprint density at radius 1 is 1.67 bits per heavy atom. The first-order valence-electron chi connectivity index (χ1n) is 5.26. The smallest absolute Gasteiger partial charge is 0.311 e. The van der Waals surface area contributed by atoms with Gasteiger partial charge in [-0.15, -0.1) is 0 Å². The van der Waals surface area contributed by atoms with Crippen LogP contribution >= 0.6 is 11.6 Å². The quantitative estimate of drug-likeness (QED) is 0.444. The molecule has 1 atom stereocenters. The lowest BCUT2D eigenvalue weighted by molar-refractivity contribution is -0.384. The van der Waals surface area contributed by atoms with Gasteiger partial charge in [-0.2, -0.15) is 0 Å². The number of aliphatic hydroxyl groups is 1. The van der Waals surface area contributed by atoms with Crippen molar-refractivity contribution in [3.63, 3.8) is 0 Å². The first-order valence-corrected chi connectivity index (χ1v) is 5.64. The zero-order valence-corrected chi connectivity index (χ0v) is 10.6.